The highest BCUT2D eigenvalue weighted by molar-refractivity contribution is 5.88. The van der Waals surface area contributed by atoms with Crippen LogP contribution in [0.2, 0.25) is 0 Å². The number of nitrogens with one attached hydrogen (secondary N) is 2. The molecule has 19 heavy (non-hydrogen) atoms. The smallest absolute Gasteiger partial charge is 0.221 e. The largest absolute Gasteiger partial charge is 0.364 e. The highest BCUT2D eigenvalue weighted by Crippen LogP contribution is 2.18. The highest BCUT2D eigenvalue weighted by atomic mass is 16.1. The highest BCUT2D eigenvalue weighted by Gasteiger charge is 2.05. The Labute approximate surface area is 112 Å². The summed E-state index contributed by atoms with van der Waals surface area (Å²) in [6, 6.07) is 14.0. The van der Waals surface area contributed by atoms with E-state index in [0.29, 0.717) is 5.69 Å². The molecule has 1 heterocycles. The summed E-state index contributed by atoms with van der Waals surface area (Å²) in [6.07, 6.45) is 1.64. The summed E-state index contributed by atoms with van der Waals surface area (Å²) in [6.45, 7) is 3.56. The van der Waals surface area contributed by atoms with Crippen molar-refractivity contribution in [2.45, 2.75) is 19.9 Å². The summed E-state index contributed by atoms with van der Waals surface area (Å²) in [7, 11) is 0. The lowest BCUT2D eigenvalue weighted by Gasteiger charge is -2.15. The number of benzene rings is 1. The van der Waals surface area contributed by atoms with Crippen molar-refractivity contribution in [2.75, 3.05) is 10.6 Å². The lowest BCUT2D eigenvalue weighted by Crippen LogP contribution is -2.09. The Morgan fingerprint density at radius 3 is 2.47 bits per heavy atom. The number of nitrogens with zero attached hydrogens (tertiary/aromatic N) is 1. The molecule has 1 atom stereocenters. The Bertz CT molecular complexity index is 537. The molecule has 0 spiro atoms. The third kappa shape index (κ3) is 3.81. The Hall–Kier alpha value is -2.36. The third-order valence-corrected chi connectivity index (χ3v) is 2.75. The first-order chi connectivity index (χ1) is 9.15. The van der Waals surface area contributed by atoms with E-state index in [0.717, 1.165) is 5.82 Å². The average Bonchev–Trinajstić information content (AvgIpc) is 2.41. The molecule has 98 valence electrons. The molecule has 1 unspecified atom stereocenters. The molecule has 2 N–H and O–H groups in total. The first-order valence-corrected chi connectivity index (χ1v) is 6.20. The van der Waals surface area contributed by atoms with Crippen LogP contribution in [0.3, 0.4) is 0 Å². The SMILES string of the molecule is CC(=O)Nc1ccc(NC(C)c2ccccc2)nc1. The van der Waals surface area contributed by atoms with Crippen LogP contribution >= 0.6 is 0 Å². The Kier molecular flexibility index (Phi) is 4.13. The van der Waals surface area contributed by atoms with Gasteiger partial charge in [0.25, 0.3) is 0 Å². The first kappa shape index (κ1) is 13.1. The number of pyridine rings is 1. The van der Waals surface area contributed by atoms with Crippen molar-refractivity contribution < 1.29 is 4.79 Å². The van der Waals surface area contributed by atoms with Gasteiger partial charge in [-0.15, -0.1) is 0 Å². The fourth-order valence-corrected chi connectivity index (χ4v) is 1.80. The van der Waals surface area contributed by atoms with E-state index < -0.39 is 0 Å². The minimum atomic E-state index is -0.0971. The Morgan fingerprint density at radius 1 is 1.16 bits per heavy atom. The maximum absolute atomic E-state index is 10.9. The van der Waals surface area contributed by atoms with Crippen molar-refractivity contribution in [2.24, 2.45) is 0 Å². The average molecular weight is 255 g/mol. The molecule has 0 saturated carbocycles. The Morgan fingerprint density at radius 2 is 1.89 bits per heavy atom. The van der Waals surface area contributed by atoms with Crippen LogP contribution in [-0.4, -0.2) is 10.9 Å². The fourth-order valence-electron chi connectivity index (χ4n) is 1.80. The van der Waals surface area contributed by atoms with Gasteiger partial charge >= 0.3 is 0 Å². The van der Waals surface area contributed by atoms with E-state index in [1.54, 1.807) is 6.20 Å². The molecule has 0 bridgehead atoms. The standard InChI is InChI=1S/C15H17N3O/c1-11(13-6-4-3-5-7-13)17-15-9-8-14(10-16-15)18-12(2)19/h3-11H,1-2H3,(H,16,17)(H,18,19). The summed E-state index contributed by atoms with van der Waals surface area (Å²) < 4.78 is 0. The molecule has 2 aromatic rings. The van der Waals surface area contributed by atoms with Crippen molar-refractivity contribution >= 4 is 17.4 Å². The molecule has 1 aromatic carbocycles. The van der Waals surface area contributed by atoms with Crippen LogP contribution < -0.4 is 10.6 Å². The van der Waals surface area contributed by atoms with Crippen LogP contribution in [-0.2, 0) is 4.79 Å². The molecule has 0 aliphatic rings. The van der Waals surface area contributed by atoms with Gasteiger partial charge in [0, 0.05) is 13.0 Å². The van der Waals surface area contributed by atoms with E-state index in [1.807, 2.05) is 30.3 Å². The molecular weight excluding hydrogens is 238 g/mol. The molecule has 1 amide bonds. The zero-order valence-electron chi connectivity index (χ0n) is 11.1. The van der Waals surface area contributed by atoms with Gasteiger partial charge in [-0.3, -0.25) is 4.79 Å². The monoisotopic (exact) mass is 255 g/mol. The quantitative estimate of drug-likeness (QED) is 0.882. The van der Waals surface area contributed by atoms with Crippen molar-refractivity contribution in [3.8, 4) is 0 Å². The zero-order valence-corrected chi connectivity index (χ0v) is 11.1. The maximum atomic E-state index is 10.9. The van der Waals surface area contributed by atoms with E-state index >= 15 is 0 Å². The van der Waals surface area contributed by atoms with E-state index in [-0.39, 0.29) is 11.9 Å². The van der Waals surface area contributed by atoms with Crippen LogP contribution in [0.4, 0.5) is 11.5 Å². The normalized spacial score (nSPS) is 11.7. The van der Waals surface area contributed by atoms with E-state index in [1.165, 1.54) is 12.5 Å². The fraction of sp³-hybridized carbons (Fsp3) is 0.200. The molecule has 4 nitrogen and oxygen atoms in total. The molecular formula is C15H17N3O. The van der Waals surface area contributed by atoms with Gasteiger partial charge < -0.3 is 10.6 Å². The number of anilines is 2. The third-order valence-electron chi connectivity index (χ3n) is 2.75. The van der Waals surface area contributed by atoms with E-state index in [9.17, 15) is 4.79 Å². The lowest BCUT2D eigenvalue weighted by molar-refractivity contribution is -0.114. The number of aromatic nitrogens is 1. The Balaban J connectivity index is 2.01. The molecule has 0 fully saturated rings. The van der Waals surface area contributed by atoms with Gasteiger partial charge in [-0.1, -0.05) is 30.3 Å². The number of carbonyl (C=O) groups excluding carboxylic acids is 1. The van der Waals surface area contributed by atoms with Gasteiger partial charge in [-0.2, -0.15) is 0 Å². The minimum absolute atomic E-state index is 0.0971. The van der Waals surface area contributed by atoms with Crippen molar-refractivity contribution in [1.29, 1.82) is 0 Å². The van der Waals surface area contributed by atoms with Gasteiger partial charge in [0.15, 0.2) is 0 Å². The second-order valence-electron chi connectivity index (χ2n) is 4.39. The molecule has 0 aliphatic carbocycles. The lowest BCUT2D eigenvalue weighted by atomic mass is 10.1. The van der Waals surface area contributed by atoms with Crippen LogP contribution in [0.25, 0.3) is 0 Å². The molecule has 2 rings (SSSR count). The summed E-state index contributed by atoms with van der Waals surface area (Å²) in [5.41, 5.74) is 1.90. The van der Waals surface area contributed by atoms with E-state index in [4.69, 9.17) is 0 Å². The molecule has 4 heteroatoms. The second-order valence-corrected chi connectivity index (χ2v) is 4.39. The van der Waals surface area contributed by atoms with Gasteiger partial charge in [0.1, 0.15) is 5.82 Å². The van der Waals surface area contributed by atoms with Crippen LogP contribution in [0.15, 0.2) is 48.7 Å². The van der Waals surface area contributed by atoms with Crippen LogP contribution in [0, 0.1) is 0 Å². The van der Waals surface area contributed by atoms with Crippen LogP contribution in [0.5, 0.6) is 0 Å². The number of amides is 1. The summed E-state index contributed by atoms with van der Waals surface area (Å²) in [5, 5.41) is 6.00. The summed E-state index contributed by atoms with van der Waals surface area (Å²) >= 11 is 0. The van der Waals surface area contributed by atoms with Crippen molar-refractivity contribution in [3.63, 3.8) is 0 Å². The molecule has 1 aromatic heterocycles. The zero-order chi connectivity index (χ0) is 13.7. The number of rotatable bonds is 4. The predicted octanol–water partition coefficient (Wildman–Crippen LogP) is 3.21. The van der Waals surface area contributed by atoms with Gasteiger partial charge in [-0.05, 0) is 24.6 Å². The van der Waals surface area contributed by atoms with Gasteiger partial charge in [0.2, 0.25) is 5.91 Å². The second kappa shape index (κ2) is 6.00. The van der Waals surface area contributed by atoms with Gasteiger partial charge in [-0.25, -0.2) is 4.98 Å². The molecule has 0 saturated heterocycles. The number of carbonyl (C=O) groups is 1. The first-order valence-electron chi connectivity index (χ1n) is 6.20. The number of hydrogen-bond acceptors (Lipinski definition) is 3. The number of hydrogen-bond donors (Lipinski definition) is 2. The van der Waals surface area contributed by atoms with Crippen molar-refractivity contribution in [3.05, 3.63) is 54.2 Å². The van der Waals surface area contributed by atoms with Gasteiger partial charge in [0.05, 0.1) is 11.9 Å². The predicted molar refractivity (Wildman–Crippen MR) is 77.0 cm³/mol. The topological polar surface area (TPSA) is 54.0 Å². The summed E-state index contributed by atoms with van der Waals surface area (Å²) in [5.74, 6) is 0.686. The van der Waals surface area contributed by atoms with E-state index in [2.05, 4.69) is 34.7 Å². The van der Waals surface area contributed by atoms with Crippen LogP contribution in [0.1, 0.15) is 25.5 Å². The summed E-state index contributed by atoms with van der Waals surface area (Å²) in [4.78, 5) is 15.2. The molecule has 0 radical (unpaired) electrons. The van der Waals surface area contributed by atoms with Crippen molar-refractivity contribution in [1.82, 2.24) is 4.98 Å². The molecule has 0 aliphatic heterocycles. The minimum Gasteiger partial charge on any atom is -0.364 e. The maximum Gasteiger partial charge on any atom is 0.221 e.